The molecular weight excluding hydrogens is 324 g/mol. The Balaban J connectivity index is 0.00000288. The quantitative estimate of drug-likeness (QED) is 0.817. The molecule has 0 aliphatic carbocycles. The van der Waals surface area contributed by atoms with Gasteiger partial charge in [-0.15, -0.1) is 12.4 Å². The van der Waals surface area contributed by atoms with Crippen LogP contribution in [-0.2, 0) is 4.79 Å². The number of rotatable bonds is 7. The lowest BCUT2D eigenvalue weighted by molar-refractivity contribution is -0.131. The van der Waals surface area contributed by atoms with Gasteiger partial charge in [-0.05, 0) is 56.8 Å². The number of piperidine rings is 1. The third-order valence-corrected chi connectivity index (χ3v) is 4.83. The molecule has 1 amide bonds. The van der Waals surface area contributed by atoms with Crippen molar-refractivity contribution in [3.63, 3.8) is 0 Å². The highest BCUT2D eigenvalue weighted by atomic mass is 35.5. The van der Waals surface area contributed by atoms with Crippen molar-refractivity contribution in [2.24, 2.45) is 11.8 Å². The van der Waals surface area contributed by atoms with E-state index >= 15 is 0 Å². The zero-order valence-electron chi connectivity index (χ0n) is 15.1. The van der Waals surface area contributed by atoms with Gasteiger partial charge in [0.15, 0.2) is 0 Å². The highest BCUT2D eigenvalue weighted by Crippen LogP contribution is 2.24. The van der Waals surface area contributed by atoms with E-state index < -0.39 is 0 Å². The summed E-state index contributed by atoms with van der Waals surface area (Å²) in [6.45, 7) is 7.61. The number of hydrogen-bond donors (Lipinski definition) is 1. The summed E-state index contributed by atoms with van der Waals surface area (Å²) >= 11 is 0. The average molecular weight is 355 g/mol. The molecule has 0 bridgehead atoms. The SMILES string of the molecule is Cc1ccc(OCCN(C)C(=O)CC(C)C2CCNCC2)cc1.Cl. The van der Waals surface area contributed by atoms with Crippen LogP contribution >= 0.6 is 12.4 Å². The van der Waals surface area contributed by atoms with Gasteiger partial charge in [0, 0.05) is 13.5 Å². The van der Waals surface area contributed by atoms with Gasteiger partial charge in [0.25, 0.3) is 0 Å². The Morgan fingerprint density at radius 3 is 2.54 bits per heavy atom. The van der Waals surface area contributed by atoms with E-state index in [-0.39, 0.29) is 18.3 Å². The van der Waals surface area contributed by atoms with Crippen molar-refractivity contribution in [2.45, 2.75) is 33.1 Å². The number of likely N-dealkylation sites (N-methyl/N-ethyl adjacent to an activating group) is 1. The van der Waals surface area contributed by atoms with Crippen LogP contribution in [0.3, 0.4) is 0 Å². The Hall–Kier alpha value is -1.26. The zero-order chi connectivity index (χ0) is 16.7. The monoisotopic (exact) mass is 354 g/mol. The van der Waals surface area contributed by atoms with Crippen LogP contribution in [0.5, 0.6) is 5.75 Å². The Kier molecular flexibility index (Phi) is 9.16. The molecule has 0 radical (unpaired) electrons. The highest BCUT2D eigenvalue weighted by Gasteiger charge is 2.23. The van der Waals surface area contributed by atoms with Gasteiger partial charge in [0.05, 0.1) is 6.54 Å². The molecule has 1 heterocycles. The molecule has 1 aliphatic heterocycles. The van der Waals surface area contributed by atoms with Crippen molar-refractivity contribution < 1.29 is 9.53 Å². The Morgan fingerprint density at radius 1 is 1.29 bits per heavy atom. The molecule has 1 aromatic carbocycles. The minimum absolute atomic E-state index is 0. The zero-order valence-corrected chi connectivity index (χ0v) is 15.9. The van der Waals surface area contributed by atoms with E-state index in [9.17, 15) is 4.79 Å². The highest BCUT2D eigenvalue weighted by molar-refractivity contribution is 5.85. The molecule has 24 heavy (non-hydrogen) atoms. The summed E-state index contributed by atoms with van der Waals surface area (Å²) in [4.78, 5) is 14.1. The van der Waals surface area contributed by atoms with E-state index in [1.54, 1.807) is 4.90 Å². The molecule has 1 N–H and O–H groups in total. The third-order valence-electron chi connectivity index (χ3n) is 4.83. The second kappa shape index (κ2) is 10.6. The molecule has 1 aliphatic rings. The summed E-state index contributed by atoms with van der Waals surface area (Å²) in [5.74, 6) is 2.23. The van der Waals surface area contributed by atoms with E-state index in [1.807, 2.05) is 31.3 Å². The van der Waals surface area contributed by atoms with Crippen LogP contribution in [0, 0.1) is 18.8 Å². The number of nitrogens with zero attached hydrogens (tertiary/aromatic N) is 1. The summed E-state index contributed by atoms with van der Waals surface area (Å²) < 4.78 is 5.70. The first-order valence-corrected chi connectivity index (χ1v) is 8.70. The van der Waals surface area contributed by atoms with Gasteiger partial charge in [-0.1, -0.05) is 24.6 Å². The number of aryl methyl sites for hydroxylation is 1. The fourth-order valence-electron chi connectivity index (χ4n) is 3.07. The van der Waals surface area contributed by atoms with Crippen LogP contribution in [-0.4, -0.2) is 44.1 Å². The summed E-state index contributed by atoms with van der Waals surface area (Å²) in [6, 6.07) is 8.00. The van der Waals surface area contributed by atoms with Crippen LogP contribution in [0.15, 0.2) is 24.3 Å². The number of benzene rings is 1. The summed E-state index contributed by atoms with van der Waals surface area (Å²) in [7, 11) is 1.87. The molecule has 1 atom stereocenters. The largest absolute Gasteiger partial charge is 0.492 e. The lowest BCUT2D eigenvalue weighted by atomic mass is 9.84. The molecule has 1 aromatic rings. The lowest BCUT2D eigenvalue weighted by Crippen LogP contribution is -2.35. The topological polar surface area (TPSA) is 41.6 Å². The van der Waals surface area contributed by atoms with E-state index in [0.717, 1.165) is 18.8 Å². The molecule has 0 saturated carbocycles. The van der Waals surface area contributed by atoms with Crippen LogP contribution in [0.2, 0.25) is 0 Å². The van der Waals surface area contributed by atoms with Gasteiger partial charge in [-0.2, -0.15) is 0 Å². The normalized spacial score (nSPS) is 16.1. The maximum Gasteiger partial charge on any atom is 0.222 e. The number of amides is 1. The van der Waals surface area contributed by atoms with Crippen molar-refractivity contribution in [2.75, 3.05) is 33.3 Å². The minimum Gasteiger partial charge on any atom is -0.492 e. The fourth-order valence-corrected chi connectivity index (χ4v) is 3.07. The van der Waals surface area contributed by atoms with Crippen molar-refractivity contribution in [1.29, 1.82) is 0 Å². The Labute approximate surface area is 152 Å². The molecule has 1 fully saturated rings. The number of carbonyl (C=O) groups is 1. The average Bonchev–Trinajstić information content (AvgIpc) is 2.57. The predicted octanol–water partition coefficient (Wildman–Crippen LogP) is 3.28. The number of carbonyl (C=O) groups excluding carboxylic acids is 1. The van der Waals surface area contributed by atoms with Crippen LogP contribution in [0.1, 0.15) is 31.7 Å². The maximum atomic E-state index is 12.3. The third kappa shape index (κ3) is 6.70. The van der Waals surface area contributed by atoms with Gasteiger partial charge in [0.1, 0.15) is 12.4 Å². The van der Waals surface area contributed by atoms with Crippen LogP contribution in [0.4, 0.5) is 0 Å². The molecule has 1 saturated heterocycles. The molecule has 4 nitrogen and oxygen atoms in total. The van der Waals surface area contributed by atoms with Gasteiger partial charge < -0.3 is 15.0 Å². The van der Waals surface area contributed by atoms with Crippen LogP contribution in [0.25, 0.3) is 0 Å². The molecule has 5 heteroatoms. The summed E-state index contributed by atoms with van der Waals surface area (Å²) in [5, 5.41) is 3.38. The first-order valence-electron chi connectivity index (χ1n) is 8.70. The molecule has 2 rings (SSSR count). The standard InChI is InChI=1S/C19H30N2O2.ClH/c1-15-4-6-18(7-5-15)23-13-12-21(3)19(22)14-16(2)17-8-10-20-11-9-17;/h4-7,16-17,20H,8-14H2,1-3H3;1H. The number of nitrogens with one attached hydrogen (secondary N) is 1. The smallest absolute Gasteiger partial charge is 0.222 e. The molecule has 0 aromatic heterocycles. The molecular formula is C19H31ClN2O2. The molecule has 0 spiro atoms. The van der Waals surface area contributed by atoms with Gasteiger partial charge in [-0.25, -0.2) is 0 Å². The first-order chi connectivity index (χ1) is 11.1. The Morgan fingerprint density at radius 2 is 1.92 bits per heavy atom. The van der Waals surface area contributed by atoms with Crippen molar-refractivity contribution >= 4 is 18.3 Å². The van der Waals surface area contributed by atoms with Crippen molar-refractivity contribution in [1.82, 2.24) is 10.2 Å². The molecule has 1 unspecified atom stereocenters. The lowest BCUT2D eigenvalue weighted by Gasteiger charge is -2.29. The fraction of sp³-hybridized carbons (Fsp3) is 0.632. The summed E-state index contributed by atoms with van der Waals surface area (Å²) in [6.07, 6.45) is 3.02. The van der Waals surface area contributed by atoms with Crippen LogP contribution < -0.4 is 10.1 Å². The minimum atomic E-state index is 0. The van der Waals surface area contributed by atoms with E-state index in [4.69, 9.17) is 4.74 Å². The van der Waals surface area contributed by atoms with Gasteiger partial charge in [-0.3, -0.25) is 4.79 Å². The van der Waals surface area contributed by atoms with E-state index in [2.05, 4.69) is 19.2 Å². The maximum absolute atomic E-state index is 12.3. The van der Waals surface area contributed by atoms with E-state index in [0.29, 0.717) is 31.4 Å². The number of hydrogen-bond acceptors (Lipinski definition) is 3. The van der Waals surface area contributed by atoms with E-state index in [1.165, 1.54) is 18.4 Å². The number of halogens is 1. The first kappa shape index (κ1) is 20.8. The predicted molar refractivity (Wildman–Crippen MR) is 101 cm³/mol. The second-order valence-electron chi connectivity index (χ2n) is 6.75. The van der Waals surface area contributed by atoms with Crippen molar-refractivity contribution in [3.05, 3.63) is 29.8 Å². The Bertz CT molecular complexity index is 487. The van der Waals surface area contributed by atoms with Crippen molar-refractivity contribution in [3.8, 4) is 5.75 Å². The van der Waals surface area contributed by atoms with Gasteiger partial charge >= 0.3 is 0 Å². The second-order valence-corrected chi connectivity index (χ2v) is 6.75. The molecule has 136 valence electrons. The summed E-state index contributed by atoms with van der Waals surface area (Å²) in [5.41, 5.74) is 1.22. The van der Waals surface area contributed by atoms with Gasteiger partial charge in [0.2, 0.25) is 5.91 Å². The number of ether oxygens (including phenoxy) is 1.